The lowest BCUT2D eigenvalue weighted by molar-refractivity contribution is -0.132. The van der Waals surface area contributed by atoms with Crippen LogP contribution in [0.1, 0.15) is 86.0 Å². The van der Waals surface area contributed by atoms with E-state index in [0.29, 0.717) is 23.2 Å². The van der Waals surface area contributed by atoms with Crippen molar-refractivity contribution in [2.75, 3.05) is 0 Å². The molecule has 0 bridgehead atoms. The van der Waals surface area contributed by atoms with Crippen LogP contribution in [0.4, 0.5) is 0 Å². The Balaban J connectivity index is 1.57. The highest BCUT2D eigenvalue weighted by Crippen LogP contribution is 2.64. The average molecular weight is 345 g/mol. The van der Waals surface area contributed by atoms with Crippen molar-refractivity contribution < 1.29 is 9.53 Å². The molecule has 0 heterocycles. The van der Waals surface area contributed by atoms with E-state index in [2.05, 4.69) is 40.7 Å². The van der Waals surface area contributed by atoms with Crippen molar-refractivity contribution in [2.45, 2.75) is 97.7 Å². The lowest BCUT2D eigenvalue weighted by atomic mass is 9.48. The van der Waals surface area contributed by atoms with Gasteiger partial charge in [0.15, 0.2) is 0 Å². The summed E-state index contributed by atoms with van der Waals surface area (Å²) in [7, 11) is 0. The smallest absolute Gasteiger partial charge is 0.139 e. The predicted molar refractivity (Wildman–Crippen MR) is 101 cm³/mol. The molecular formula is C23H36O2. The summed E-state index contributed by atoms with van der Waals surface area (Å²) in [5.41, 5.74) is 1.97. The molecule has 2 nitrogen and oxygen atoms in total. The molecule has 2 heteroatoms. The van der Waals surface area contributed by atoms with E-state index >= 15 is 0 Å². The van der Waals surface area contributed by atoms with E-state index in [1.165, 1.54) is 25.7 Å². The lowest BCUT2D eigenvalue weighted by Crippen LogP contribution is -2.50. The van der Waals surface area contributed by atoms with Gasteiger partial charge in [0.05, 0.1) is 11.7 Å². The monoisotopic (exact) mass is 344 g/mol. The number of ketones is 1. The van der Waals surface area contributed by atoms with Gasteiger partial charge in [0.25, 0.3) is 0 Å². The van der Waals surface area contributed by atoms with Crippen molar-refractivity contribution in [3.05, 3.63) is 11.6 Å². The van der Waals surface area contributed by atoms with Crippen LogP contribution in [0, 0.1) is 28.6 Å². The molecule has 0 amide bonds. The maximum Gasteiger partial charge on any atom is 0.139 e. The van der Waals surface area contributed by atoms with Crippen LogP contribution in [0.3, 0.4) is 0 Å². The predicted octanol–water partition coefficient (Wildman–Crippen LogP) is 5.70. The molecule has 0 spiro atoms. The number of rotatable bonds is 1. The average Bonchev–Trinajstić information content (AvgIpc) is 2.82. The molecule has 0 aromatic rings. The third kappa shape index (κ3) is 2.74. The Hall–Kier alpha value is -0.630. The molecule has 0 saturated heterocycles. The minimum Gasteiger partial charge on any atom is -0.372 e. The summed E-state index contributed by atoms with van der Waals surface area (Å²) in [4.78, 5) is 12.5. The van der Waals surface area contributed by atoms with Crippen LogP contribution in [0.5, 0.6) is 0 Å². The molecule has 4 aliphatic rings. The summed E-state index contributed by atoms with van der Waals surface area (Å²) in [6, 6.07) is 0. The minimum absolute atomic E-state index is 0.00455. The van der Waals surface area contributed by atoms with Crippen molar-refractivity contribution in [1.29, 1.82) is 0 Å². The number of allylic oxidation sites excluding steroid dienone is 1. The zero-order valence-corrected chi connectivity index (χ0v) is 16.9. The van der Waals surface area contributed by atoms with Crippen molar-refractivity contribution in [3.63, 3.8) is 0 Å². The number of hydrogen-bond acceptors (Lipinski definition) is 2. The normalized spacial score (nSPS) is 46.9. The van der Waals surface area contributed by atoms with Gasteiger partial charge >= 0.3 is 0 Å². The SMILES string of the molecule is CC(C)(C)O[C@H]1CC[C@@]2(C)C(=CC[C@@H]3[C@@H]2CC[C@]2(C)C(=O)CC[C@@H]32)C1. The topological polar surface area (TPSA) is 26.3 Å². The Morgan fingerprint density at radius 3 is 2.44 bits per heavy atom. The van der Waals surface area contributed by atoms with Gasteiger partial charge in [-0.2, -0.15) is 0 Å². The number of carbonyl (C=O) groups excluding carboxylic acids is 1. The van der Waals surface area contributed by atoms with Gasteiger partial charge < -0.3 is 4.74 Å². The summed E-state index contributed by atoms with van der Waals surface area (Å²) < 4.78 is 6.32. The lowest BCUT2D eigenvalue weighted by Gasteiger charge is -2.57. The number of ether oxygens (including phenoxy) is 1. The molecule has 0 N–H and O–H groups in total. The van der Waals surface area contributed by atoms with Crippen LogP contribution in [-0.2, 0) is 9.53 Å². The van der Waals surface area contributed by atoms with Gasteiger partial charge in [0, 0.05) is 11.8 Å². The zero-order valence-electron chi connectivity index (χ0n) is 16.9. The molecule has 0 unspecified atom stereocenters. The van der Waals surface area contributed by atoms with Crippen molar-refractivity contribution in [3.8, 4) is 0 Å². The van der Waals surface area contributed by atoms with E-state index in [-0.39, 0.29) is 11.0 Å². The van der Waals surface area contributed by atoms with Crippen LogP contribution in [-0.4, -0.2) is 17.5 Å². The Morgan fingerprint density at radius 2 is 1.72 bits per heavy atom. The standard InChI is InChI=1S/C23H36O2/c1-21(2,3)25-16-10-12-22(4)15(14-16)6-7-17-18-8-9-20(24)23(18,5)13-11-19(17)22/h6,16-19H,7-14H2,1-5H3/t16-,17-,18-,19-,22-,23-/m0/s1. The fourth-order valence-corrected chi connectivity index (χ4v) is 7.00. The molecule has 6 atom stereocenters. The largest absolute Gasteiger partial charge is 0.372 e. The first kappa shape index (κ1) is 17.8. The van der Waals surface area contributed by atoms with Crippen LogP contribution < -0.4 is 0 Å². The van der Waals surface area contributed by atoms with E-state index in [9.17, 15) is 4.79 Å². The van der Waals surface area contributed by atoms with Crippen LogP contribution >= 0.6 is 0 Å². The molecule has 0 aromatic carbocycles. The van der Waals surface area contributed by atoms with Crippen molar-refractivity contribution in [2.24, 2.45) is 28.6 Å². The highest BCUT2D eigenvalue weighted by atomic mass is 16.5. The third-order valence-corrected chi connectivity index (χ3v) is 8.29. The first-order valence-electron chi connectivity index (χ1n) is 10.5. The minimum atomic E-state index is -0.0486. The number of Topliss-reactive ketones (excluding diaryl/α,β-unsaturated/α-hetero) is 1. The maximum absolute atomic E-state index is 12.5. The summed E-state index contributed by atoms with van der Waals surface area (Å²) in [5, 5.41) is 0. The highest BCUT2D eigenvalue weighted by molar-refractivity contribution is 5.87. The van der Waals surface area contributed by atoms with E-state index in [0.717, 1.165) is 37.5 Å². The van der Waals surface area contributed by atoms with Crippen molar-refractivity contribution >= 4 is 5.78 Å². The second-order valence-corrected chi connectivity index (χ2v) is 10.8. The van der Waals surface area contributed by atoms with Gasteiger partial charge in [0.2, 0.25) is 0 Å². The number of fused-ring (bicyclic) bond motifs is 5. The molecule has 4 aliphatic carbocycles. The first-order valence-corrected chi connectivity index (χ1v) is 10.5. The Morgan fingerprint density at radius 1 is 1.04 bits per heavy atom. The summed E-state index contributed by atoms with van der Waals surface area (Å²) in [5.74, 6) is 2.71. The molecule has 4 rings (SSSR count). The number of hydrogen-bond donors (Lipinski definition) is 0. The van der Waals surface area contributed by atoms with Gasteiger partial charge in [-0.15, -0.1) is 0 Å². The second-order valence-electron chi connectivity index (χ2n) is 10.8. The van der Waals surface area contributed by atoms with Gasteiger partial charge in [-0.1, -0.05) is 25.5 Å². The Bertz CT molecular complexity index is 598. The summed E-state index contributed by atoms with van der Waals surface area (Å²) in [6.07, 6.45) is 12.1. The first-order chi connectivity index (χ1) is 11.6. The van der Waals surface area contributed by atoms with Gasteiger partial charge in [0.1, 0.15) is 5.78 Å². The second kappa shape index (κ2) is 5.68. The molecule has 140 valence electrons. The molecule has 0 aromatic heterocycles. The Kier molecular flexibility index (Phi) is 4.04. The summed E-state index contributed by atoms with van der Waals surface area (Å²) >= 11 is 0. The van der Waals surface area contributed by atoms with E-state index in [1.54, 1.807) is 5.57 Å². The van der Waals surface area contributed by atoms with Crippen LogP contribution in [0.25, 0.3) is 0 Å². The summed E-state index contributed by atoms with van der Waals surface area (Å²) in [6.45, 7) is 11.3. The molecule has 0 radical (unpaired) electrons. The quantitative estimate of drug-likeness (QED) is 0.570. The third-order valence-electron chi connectivity index (χ3n) is 8.29. The molecule has 25 heavy (non-hydrogen) atoms. The van der Waals surface area contributed by atoms with Gasteiger partial charge in [-0.05, 0) is 88.9 Å². The number of carbonyl (C=O) groups is 1. The molecule has 3 fully saturated rings. The molecule has 0 aliphatic heterocycles. The van der Waals surface area contributed by atoms with E-state index < -0.39 is 0 Å². The fourth-order valence-electron chi connectivity index (χ4n) is 7.00. The zero-order chi connectivity index (χ0) is 18.0. The maximum atomic E-state index is 12.5. The molecular weight excluding hydrogens is 308 g/mol. The fraction of sp³-hybridized carbons (Fsp3) is 0.870. The van der Waals surface area contributed by atoms with E-state index in [1.807, 2.05) is 0 Å². The van der Waals surface area contributed by atoms with Gasteiger partial charge in [-0.3, -0.25) is 4.79 Å². The Labute approximate surface area is 153 Å². The highest BCUT2D eigenvalue weighted by Gasteiger charge is 2.58. The van der Waals surface area contributed by atoms with E-state index in [4.69, 9.17) is 4.74 Å². The van der Waals surface area contributed by atoms with Gasteiger partial charge in [-0.25, -0.2) is 0 Å². The van der Waals surface area contributed by atoms with Crippen LogP contribution in [0.15, 0.2) is 11.6 Å². The molecule has 3 saturated carbocycles. The van der Waals surface area contributed by atoms with Crippen LogP contribution in [0.2, 0.25) is 0 Å². The van der Waals surface area contributed by atoms with Crippen molar-refractivity contribution in [1.82, 2.24) is 0 Å².